The molecule has 3 N–H and O–H groups in total. The molecule has 0 bridgehead atoms. The fourth-order valence-corrected chi connectivity index (χ4v) is 2.60. The van der Waals surface area contributed by atoms with Crippen LogP contribution >= 0.6 is 0 Å². The number of nitrogens with one attached hydrogen (secondary N) is 1. The highest BCUT2D eigenvalue weighted by Gasteiger charge is 2.26. The van der Waals surface area contributed by atoms with Crippen molar-refractivity contribution in [1.29, 1.82) is 0 Å². The summed E-state index contributed by atoms with van der Waals surface area (Å²) in [6, 6.07) is 3.25. The van der Waals surface area contributed by atoms with Gasteiger partial charge in [0.1, 0.15) is 0 Å². The summed E-state index contributed by atoms with van der Waals surface area (Å²) in [6.45, 7) is 3.81. The van der Waals surface area contributed by atoms with Gasteiger partial charge in [0, 0.05) is 31.2 Å². The van der Waals surface area contributed by atoms with E-state index in [2.05, 4.69) is 5.32 Å². The van der Waals surface area contributed by atoms with Crippen molar-refractivity contribution in [2.24, 2.45) is 5.73 Å². The first-order valence-corrected chi connectivity index (χ1v) is 7.66. The Bertz CT molecular complexity index is 595. The number of nitrogens with two attached hydrogens (primary N) is 1. The summed E-state index contributed by atoms with van der Waals surface area (Å²) in [7, 11) is 2.90. The highest BCUT2D eigenvalue weighted by atomic mass is 16.5. The topological polar surface area (TPSA) is 103 Å². The molecule has 1 aromatic rings. The molecule has 1 fully saturated rings. The molecule has 24 heavy (non-hydrogen) atoms. The Hall–Kier alpha value is -2.48. The van der Waals surface area contributed by atoms with E-state index in [4.69, 9.17) is 19.9 Å². The highest BCUT2D eigenvalue weighted by Crippen LogP contribution is 2.39. The molecule has 0 radical (unpaired) electrons. The van der Waals surface area contributed by atoms with E-state index in [1.165, 1.54) is 14.2 Å². The van der Waals surface area contributed by atoms with Gasteiger partial charge in [-0.3, -0.25) is 9.59 Å². The predicted molar refractivity (Wildman–Crippen MR) is 87.6 cm³/mol. The number of amides is 2. The summed E-state index contributed by atoms with van der Waals surface area (Å²) in [6.07, 6.45) is 0. The molecule has 1 atom stereocenters. The van der Waals surface area contributed by atoms with E-state index in [1.807, 2.05) is 6.92 Å². The lowest BCUT2D eigenvalue weighted by Gasteiger charge is -2.34. The Morgan fingerprint density at radius 3 is 2.42 bits per heavy atom. The molecule has 132 valence electrons. The van der Waals surface area contributed by atoms with Crippen LogP contribution in [0.25, 0.3) is 0 Å². The summed E-state index contributed by atoms with van der Waals surface area (Å²) >= 11 is 0. The number of primary amides is 1. The molecule has 1 aromatic carbocycles. The van der Waals surface area contributed by atoms with Gasteiger partial charge in [-0.25, -0.2) is 0 Å². The maximum Gasteiger partial charge on any atom is 0.255 e. The van der Waals surface area contributed by atoms with Crippen molar-refractivity contribution in [3.05, 3.63) is 17.7 Å². The first kappa shape index (κ1) is 17.9. The van der Waals surface area contributed by atoms with Gasteiger partial charge < -0.3 is 30.2 Å². The van der Waals surface area contributed by atoms with Crippen molar-refractivity contribution in [2.45, 2.75) is 13.0 Å². The highest BCUT2D eigenvalue weighted by molar-refractivity contribution is 5.96. The standard InChI is InChI=1S/C16H23N3O5/c1-10-8-18-4-5-19(10)16(21)11-6-12(22-2)15(13(7-11)23-3)24-9-14(17)20/h6-7,10,18H,4-5,8-9H2,1-3H3,(H2,17,20)/t10-/m0/s1. The average Bonchev–Trinajstić information content (AvgIpc) is 2.58. The molecule has 1 aliphatic rings. The second-order valence-corrected chi connectivity index (χ2v) is 5.52. The van der Waals surface area contributed by atoms with E-state index in [9.17, 15) is 9.59 Å². The van der Waals surface area contributed by atoms with Crippen LogP contribution in [0.3, 0.4) is 0 Å². The molecular weight excluding hydrogens is 314 g/mol. The van der Waals surface area contributed by atoms with Gasteiger partial charge in [0.05, 0.1) is 14.2 Å². The van der Waals surface area contributed by atoms with Crippen molar-refractivity contribution < 1.29 is 23.8 Å². The number of rotatable bonds is 6. The smallest absolute Gasteiger partial charge is 0.255 e. The minimum Gasteiger partial charge on any atom is -0.493 e. The SMILES string of the molecule is COc1cc(C(=O)N2CCNC[C@@H]2C)cc(OC)c1OCC(N)=O. The monoisotopic (exact) mass is 337 g/mol. The molecule has 0 spiro atoms. The van der Waals surface area contributed by atoms with Gasteiger partial charge >= 0.3 is 0 Å². The van der Waals surface area contributed by atoms with Crippen LogP contribution in [0.1, 0.15) is 17.3 Å². The molecular formula is C16H23N3O5. The number of nitrogens with zero attached hydrogens (tertiary/aromatic N) is 1. The Morgan fingerprint density at radius 2 is 1.92 bits per heavy atom. The number of benzene rings is 1. The van der Waals surface area contributed by atoms with E-state index < -0.39 is 5.91 Å². The number of hydrogen-bond acceptors (Lipinski definition) is 6. The zero-order chi connectivity index (χ0) is 17.7. The largest absolute Gasteiger partial charge is 0.493 e. The molecule has 1 saturated heterocycles. The van der Waals surface area contributed by atoms with Gasteiger partial charge in [-0.1, -0.05) is 0 Å². The van der Waals surface area contributed by atoms with E-state index in [1.54, 1.807) is 17.0 Å². The first-order chi connectivity index (χ1) is 11.5. The van der Waals surface area contributed by atoms with Gasteiger partial charge in [0.15, 0.2) is 18.1 Å². The van der Waals surface area contributed by atoms with Gasteiger partial charge in [0.25, 0.3) is 11.8 Å². The van der Waals surface area contributed by atoms with Crippen molar-refractivity contribution in [3.8, 4) is 17.2 Å². The molecule has 0 unspecified atom stereocenters. The third-order valence-corrected chi connectivity index (χ3v) is 3.83. The summed E-state index contributed by atoms with van der Waals surface area (Å²) < 4.78 is 15.9. The second-order valence-electron chi connectivity index (χ2n) is 5.52. The third kappa shape index (κ3) is 3.88. The van der Waals surface area contributed by atoms with Crippen LogP contribution in [0.4, 0.5) is 0 Å². The van der Waals surface area contributed by atoms with Crippen molar-refractivity contribution in [1.82, 2.24) is 10.2 Å². The summed E-state index contributed by atoms with van der Waals surface area (Å²) in [5, 5.41) is 3.25. The number of carbonyl (C=O) groups excluding carboxylic acids is 2. The Labute approximate surface area is 140 Å². The van der Waals surface area contributed by atoms with Crippen molar-refractivity contribution >= 4 is 11.8 Å². The lowest BCUT2D eigenvalue weighted by atomic mass is 10.1. The zero-order valence-corrected chi connectivity index (χ0v) is 14.1. The fraction of sp³-hybridized carbons (Fsp3) is 0.500. The van der Waals surface area contributed by atoms with Crippen molar-refractivity contribution in [2.75, 3.05) is 40.5 Å². The Morgan fingerprint density at radius 1 is 1.29 bits per heavy atom. The lowest BCUT2D eigenvalue weighted by Crippen LogP contribution is -2.52. The molecule has 1 aliphatic heterocycles. The van der Waals surface area contributed by atoms with E-state index >= 15 is 0 Å². The van der Waals surface area contributed by atoms with Crippen LogP contribution < -0.4 is 25.3 Å². The summed E-state index contributed by atoms with van der Waals surface area (Å²) in [5.74, 6) is 0.128. The van der Waals surface area contributed by atoms with Gasteiger partial charge in [-0.2, -0.15) is 0 Å². The quantitative estimate of drug-likeness (QED) is 0.757. The van der Waals surface area contributed by atoms with Crippen LogP contribution in [0.5, 0.6) is 17.2 Å². The van der Waals surface area contributed by atoms with E-state index in [0.29, 0.717) is 23.6 Å². The molecule has 0 aliphatic carbocycles. The molecule has 8 heteroatoms. The molecule has 1 heterocycles. The van der Waals surface area contributed by atoms with Crippen LogP contribution in [0.15, 0.2) is 12.1 Å². The number of hydrogen-bond donors (Lipinski definition) is 2. The first-order valence-electron chi connectivity index (χ1n) is 7.66. The Balaban J connectivity index is 2.33. The molecule has 0 aromatic heterocycles. The second kappa shape index (κ2) is 7.87. The van der Waals surface area contributed by atoms with Crippen LogP contribution in [-0.2, 0) is 4.79 Å². The van der Waals surface area contributed by atoms with Crippen LogP contribution in [0, 0.1) is 0 Å². The van der Waals surface area contributed by atoms with Crippen LogP contribution in [0.2, 0.25) is 0 Å². The zero-order valence-electron chi connectivity index (χ0n) is 14.1. The number of carbonyl (C=O) groups is 2. The average molecular weight is 337 g/mol. The molecule has 0 saturated carbocycles. The lowest BCUT2D eigenvalue weighted by molar-refractivity contribution is -0.120. The normalized spacial score (nSPS) is 17.3. The number of piperazine rings is 1. The summed E-state index contributed by atoms with van der Waals surface area (Å²) in [5.41, 5.74) is 5.54. The van der Waals surface area contributed by atoms with Gasteiger partial charge in [-0.05, 0) is 19.1 Å². The van der Waals surface area contributed by atoms with Gasteiger partial charge in [-0.15, -0.1) is 0 Å². The Kier molecular flexibility index (Phi) is 5.86. The molecule has 2 rings (SSSR count). The number of ether oxygens (including phenoxy) is 3. The summed E-state index contributed by atoms with van der Waals surface area (Å²) in [4.78, 5) is 25.5. The minimum absolute atomic E-state index is 0.0917. The van der Waals surface area contributed by atoms with E-state index in [0.717, 1.165) is 13.1 Å². The van der Waals surface area contributed by atoms with E-state index in [-0.39, 0.29) is 24.3 Å². The predicted octanol–water partition coefficient (Wildman–Crippen LogP) is 0.00180. The third-order valence-electron chi connectivity index (χ3n) is 3.83. The number of methoxy groups -OCH3 is 2. The fourth-order valence-electron chi connectivity index (χ4n) is 2.60. The maximum atomic E-state index is 12.8. The minimum atomic E-state index is -0.617. The maximum absolute atomic E-state index is 12.8. The van der Waals surface area contributed by atoms with Crippen molar-refractivity contribution in [3.63, 3.8) is 0 Å². The molecule has 2 amide bonds. The molecule has 8 nitrogen and oxygen atoms in total. The van der Waals surface area contributed by atoms with Gasteiger partial charge in [0.2, 0.25) is 5.75 Å². The van der Waals surface area contributed by atoms with Crippen LogP contribution in [-0.4, -0.2) is 63.2 Å².